The maximum absolute atomic E-state index is 6.69. The molecular formula is C36H25ClN4. The first-order chi connectivity index (χ1) is 20.3. The molecule has 0 aliphatic heterocycles. The van der Waals surface area contributed by atoms with E-state index in [2.05, 4.69) is 88.2 Å². The van der Waals surface area contributed by atoms with E-state index in [9.17, 15) is 0 Å². The summed E-state index contributed by atoms with van der Waals surface area (Å²) in [7, 11) is 0. The van der Waals surface area contributed by atoms with Crippen LogP contribution >= 0.6 is 11.6 Å². The van der Waals surface area contributed by atoms with Gasteiger partial charge in [-0.15, -0.1) is 0 Å². The highest BCUT2D eigenvalue weighted by molar-refractivity contribution is 6.33. The van der Waals surface area contributed by atoms with Crippen molar-refractivity contribution >= 4 is 11.6 Å². The van der Waals surface area contributed by atoms with Crippen LogP contribution in [0.25, 0.3) is 56.2 Å². The highest BCUT2D eigenvalue weighted by atomic mass is 35.5. The Morgan fingerprint density at radius 1 is 0.390 bits per heavy atom. The number of hydrogen-bond acceptors (Lipinski definition) is 2. The van der Waals surface area contributed by atoms with Crippen LogP contribution in [0.15, 0.2) is 152 Å². The molecule has 0 N–H and O–H groups in total. The smallest absolute Gasteiger partial charge is 0.116 e. The fraction of sp³-hybridized carbons (Fsp3) is 0. The summed E-state index contributed by atoms with van der Waals surface area (Å²) in [6, 6.07) is 47.3. The molecule has 0 amide bonds. The Balaban J connectivity index is 1.51. The Morgan fingerprint density at radius 2 is 0.805 bits per heavy atom. The summed E-state index contributed by atoms with van der Waals surface area (Å²) in [5.41, 5.74) is 9.87. The first kappa shape index (κ1) is 24.8. The lowest BCUT2D eigenvalue weighted by atomic mass is 9.95. The Morgan fingerprint density at radius 3 is 1.37 bits per heavy atom. The summed E-state index contributed by atoms with van der Waals surface area (Å²) in [5, 5.41) is 0.703. The maximum atomic E-state index is 6.69. The van der Waals surface area contributed by atoms with E-state index in [0.717, 1.165) is 56.2 Å². The summed E-state index contributed by atoms with van der Waals surface area (Å²) in [5.74, 6) is 0. The minimum absolute atomic E-state index is 0.703. The van der Waals surface area contributed by atoms with E-state index in [4.69, 9.17) is 21.6 Å². The van der Waals surface area contributed by atoms with Gasteiger partial charge in [-0.25, -0.2) is 19.3 Å². The van der Waals surface area contributed by atoms with Crippen LogP contribution in [0.3, 0.4) is 0 Å². The second-order valence-electron chi connectivity index (χ2n) is 9.70. The first-order valence-corrected chi connectivity index (χ1v) is 13.8. The zero-order valence-corrected chi connectivity index (χ0v) is 22.9. The third-order valence-electron chi connectivity index (χ3n) is 7.22. The largest absolute Gasteiger partial charge is 0.234 e. The van der Waals surface area contributed by atoms with Gasteiger partial charge in [-0.1, -0.05) is 145 Å². The van der Waals surface area contributed by atoms with Crippen LogP contribution in [0.5, 0.6) is 0 Å². The Hall–Kier alpha value is -5.19. The van der Waals surface area contributed by atoms with E-state index < -0.39 is 0 Å². The molecule has 5 heteroatoms. The number of hydrogen-bond donors (Lipinski definition) is 0. The van der Waals surface area contributed by atoms with Crippen LogP contribution in [-0.2, 0) is 0 Å². The molecule has 0 spiro atoms. The zero-order valence-electron chi connectivity index (χ0n) is 22.1. The number of halogens is 1. The highest BCUT2D eigenvalue weighted by Crippen LogP contribution is 2.40. The summed E-state index contributed by atoms with van der Waals surface area (Å²) >= 11 is 6.69. The van der Waals surface area contributed by atoms with Crippen molar-refractivity contribution in [1.82, 2.24) is 19.3 Å². The van der Waals surface area contributed by atoms with Crippen molar-refractivity contribution in [2.24, 2.45) is 0 Å². The summed E-state index contributed by atoms with van der Waals surface area (Å²) < 4.78 is 4.18. The van der Waals surface area contributed by atoms with E-state index in [1.165, 1.54) is 0 Å². The van der Waals surface area contributed by atoms with E-state index in [1.807, 2.05) is 73.3 Å². The van der Waals surface area contributed by atoms with Gasteiger partial charge in [0.1, 0.15) is 12.7 Å². The van der Waals surface area contributed by atoms with E-state index in [0.29, 0.717) is 5.02 Å². The highest BCUT2D eigenvalue weighted by Gasteiger charge is 2.23. The van der Waals surface area contributed by atoms with Crippen LogP contribution in [0.4, 0.5) is 0 Å². The van der Waals surface area contributed by atoms with Crippen LogP contribution < -0.4 is 0 Å². The predicted molar refractivity (Wildman–Crippen MR) is 167 cm³/mol. The summed E-state index contributed by atoms with van der Waals surface area (Å²) in [4.78, 5) is 9.97. The molecule has 0 bridgehead atoms. The van der Waals surface area contributed by atoms with Gasteiger partial charge >= 0.3 is 0 Å². The molecule has 0 saturated heterocycles. The van der Waals surface area contributed by atoms with Crippen molar-refractivity contribution in [2.45, 2.75) is 0 Å². The summed E-state index contributed by atoms with van der Waals surface area (Å²) in [6.45, 7) is 0. The quantitative estimate of drug-likeness (QED) is 0.207. The lowest BCUT2D eigenvalue weighted by molar-refractivity contribution is 0.670. The fourth-order valence-electron chi connectivity index (χ4n) is 5.34. The molecule has 41 heavy (non-hydrogen) atoms. The van der Waals surface area contributed by atoms with Gasteiger partial charge in [0, 0.05) is 32.8 Å². The molecule has 0 saturated carbocycles. The number of nitrogens with zero attached hydrogens (tertiary/aromatic N) is 4. The van der Waals surface area contributed by atoms with Crippen LogP contribution in [0.1, 0.15) is 0 Å². The molecule has 0 aliphatic carbocycles. The van der Waals surface area contributed by atoms with Crippen LogP contribution in [-0.4, -0.2) is 19.3 Å². The average molecular weight is 549 g/mol. The maximum Gasteiger partial charge on any atom is 0.116 e. The molecular weight excluding hydrogens is 524 g/mol. The second-order valence-corrected chi connectivity index (χ2v) is 10.1. The van der Waals surface area contributed by atoms with Crippen LogP contribution in [0, 0.1) is 0 Å². The zero-order chi connectivity index (χ0) is 27.6. The number of rotatable bonds is 6. The van der Waals surface area contributed by atoms with E-state index >= 15 is 0 Å². The molecule has 0 atom stereocenters. The average Bonchev–Trinajstić information content (AvgIpc) is 3.68. The van der Waals surface area contributed by atoms with Gasteiger partial charge < -0.3 is 0 Å². The molecule has 4 nitrogen and oxygen atoms in total. The molecule has 0 unspecified atom stereocenters. The third kappa shape index (κ3) is 4.54. The lowest BCUT2D eigenvalue weighted by Crippen LogP contribution is -2.10. The van der Waals surface area contributed by atoms with Crippen molar-refractivity contribution in [3.8, 4) is 56.2 Å². The Bertz CT molecular complexity index is 1940. The molecule has 2 aromatic heterocycles. The first-order valence-electron chi connectivity index (χ1n) is 13.5. The van der Waals surface area contributed by atoms with Crippen molar-refractivity contribution in [3.05, 3.63) is 157 Å². The SMILES string of the molecule is Clc1ccccc1-c1ccccc1-c1ncn(-n2cnc(-c3ccccc3)c2-c2ccccc2)c1-c1ccccc1. The monoisotopic (exact) mass is 548 g/mol. The van der Waals surface area contributed by atoms with Crippen molar-refractivity contribution < 1.29 is 0 Å². The minimum atomic E-state index is 0.703. The van der Waals surface area contributed by atoms with Gasteiger partial charge in [-0.3, -0.25) is 0 Å². The number of imidazole rings is 2. The van der Waals surface area contributed by atoms with Crippen molar-refractivity contribution in [2.75, 3.05) is 0 Å². The van der Waals surface area contributed by atoms with E-state index in [1.54, 1.807) is 0 Å². The number of benzene rings is 5. The third-order valence-corrected chi connectivity index (χ3v) is 7.55. The van der Waals surface area contributed by atoms with Gasteiger partial charge in [-0.05, 0) is 11.6 Å². The van der Waals surface area contributed by atoms with Gasteiger partial charge in [0.05, 0.1) is 22.8 Å². The molecule has 0 fully saturated rings. The van der Waals surface area contributed by atoms with Gasteiger partial charge in [0.25, 0.3) is 0 Å². The second kappa shape index (κ2) is 10.8. The topological polar surface area (TPSA) is 35.6 Å². The van der Waals surface area contributed by atoms with Gasteiger partial charge in [0.2, 0.25) is 0 Å². The molecule has 7 rings (SSSR count). The fourth-order valence-corrected chi connectivity index (χ4v) is 5.58. The molecule has 7 aromatic rings. The standard InChI is InChI=1S/C36H25ClN4/c37-32-23-13-12-21-30(32)29-20-10-11-22-31(29)34-36(28-18-8-3-9-19-28)41(25-39-34)40-24-38-33(26-14-4-1-5-15-26)35(40)27-16-6-2-7-17-27/h1-25H. The molecule has 0 radical (unpaired) electrons. The van der Waals surface area contributed by atoms with Gasteiger partial charge in [0.15, 0.2) is 0 Å². The van der Waals surface area contributed by atoms with Crippen LogP contribution in [0.2, 0.25) is 5.02 Å². The normalized spacial score (nSPS) is 11.0. The van der Waals surface area contributed by atoms with Crippen molar-refractivity contribution in [3.63, 3.8) is 0 Å². The minimum Gasteiger partial charge on any atom is -0.234 e. The predicted octanol–water partition coefficient (Wildman–Crippen LogP) is 9.38. The molecule has 2 heterocycles. The van der Waals surface area contributed by atoms with Gasteiger partial charge in [-0.2, -0.15) is 0 Å². The molecule has 0 aliphatic rings. The van der Waals surface area contributed by atoms with Crippen molar-refractivity contribution in [1.29, 1.82) is 0 Å². The molecule has 196 valence electrons. The molecule has 5 aromatic carbocycles. The number of aromatic nitrogens is 4. The summed E-state index contributed by atoms with van der Waals surface area (Å²) in [6.07, 6.45) is 3.76. The Labute approximate surface area is 243 Å². The Kier molecular flexibility index (Phi) is 6.51. The van der Waals surface area contributed by atoms with E-state index in [-0.39, 0.29) is 0 Å². The lowest BCUT2D eigenvalue weighted by Gasteiger charge is -2.16.